The van der Waals surface area contributed by atoms with Crippen LogP contribution < -0.4 is 16.2 Å². The Morgan fingerprint density at radius 3 is 2.82 bits per heavy atom. The Balaban J connectivity index is 2.42. The summed E-state index contributed by atoms with van der Waals surface area (Å²) in [6.07, 6.45) is 2.09. The second kappa shape index (κ2) is 4.86. The molecule has 1 heterocycles. The van der Waals surface area contributed by atoms with Crippen LogP contribution in [0.4, 0.5) is 11.8 Å². The van der Waals surface area contributed by atoms with Gasteiger partial charge in [-0.1, -0.05) is 19.4 Å². The zero-order valence-electron chi connectivity index (χ0n) is 9.81. The zero-order chi connectivity index (χ0) is 12.3. The van der Waals surface area contributed by atoms with Crippen molar-refractivity contribution < 1.29 is 4.74 Å². The molecule has 0 aliphatic heterocycles. The lowest BCUT2D eigenvalue weighted by Crippen LogP contribution is -2.03. The average Bonchev–Trinajstić information content (AvgIpc) is 2.28. The lowest BCUT2D eigenvalue weighted by atomic mass is 10.2. The van der Waals surface area contributed by atoms with Crippen molar-refractivity contribution in [3.05, 3.63) is 18.2 Å². The van der Waals surface area contributed by atoms with Crippen molar-refractivity contribution in [2.24, 2.45) is 0 Å². The van der Waals surface area contributed by atoms with Crippen LogP contribution in [0.2, 0.25) is 0 Å². The second-order valence-electron chi connectivity index (χ2n) is 3.82. The molecule has 2 aromatic rings. The van der Waals surface area contributed by atoms with Crippen LogP contribution in [-0.4, -0.2) is 16.6 Å². The highest BCUT2D eigenvalue weighted by Gasteiger charge is 2.08. The van der Waals surface area contributed by atoms with Crippen LogP contribution in [0.5, 0.6) is 5.75 Å². The number of nitrogen functional groups attached to an aromatic ring is 2. The molecule has 5 heteroatoms. The van der Waals surface area contributed by atoms with Crippen LogP contribution in [0.3, 0.4) is 0 Å². The molecule has 17 heavy (non-hydrogen) atoms. The van der Waals surface area contributed by atoms with Crippen LogP contribution in [0.1, 0.15) is 19.8 Å². The first-order valence-corrected chi connectivity index (χ1v) is 5.67. The number of ether oxygens (including phenoxy) is 1. The van der Waals surface area contributed by atoms with E-state index in [4.69, 9.17) is 16.2 Å². The first kappa shape index (κ1) is 11.4. The van der Waals surface area contributed by atoms with E-state index in [1.54, 1.807) is 0 Å². The van der Waals surface area contributed by atoms with Gasteiger partial charge >= 0.3 is 0 Å². The molecule has 0 fully saturated rings. The topological polar surface area (TPSA) is 87.0 Å². The quantitative estimate of drug-likeness (QED) is 0.787. The summed E-state index contributed by atoms with van der Waals surface area (Å²) in [5.41, 5.74) is 12.1. The van der Waals surface area contributed by atoms with Gasteiger partial charge in [-0.05, 0) is 18.6 Å². The van der Waals surface area contributed by atoms with Crippen molar-refractivity contribution in [2.45, 2.75) is 19.8 Å². The summed E-state index contributed by atoms with van der Waals surface area (Å²) < 4.78 is 5.68. The Bertz CT molecular complexity index is 527. The number of anilines is 2. The molecule has 0 unspecified atom stereocenters. The molecule has 0 saturated heterocycles. The normalized spacial score (nSPS) is 10.6. The number of hydrogen-bond donors (Lipinski definition) is 2. The van der Waals surface area contributed by atoms with E-state index >= 15 is 0 Å². The van der Waals surface area contributed by atoms with Gasteiger partial charge in [-0.2, -0.15) is 4.98 Å². The lowest BCUT2D eigenvalue weighted by Gasteiger charge is -2.10. The van der Waals surface area contributed by atoms with Gasteiger partial charge in [0.25, 0.3) is 0 Å². The molecule has 0 spiro atoms. The minimum absolute atomic E-state index is 0.181. The number of unbranched alkanes of at least 4 members (excludes halogenated alkanes) is 1. The van der Waals surface area contributed by atoms with Crippen molar-refractivity contribution in [2.75, 3.05) is 18.1 Å². The first-order chi connectivity index (χ1) is 8.22. The molecule has 1 aromatic heterocycles. The van der Waals surface area contributed by atoms with Crippen molar-refractivity contribution in [3.8, 4) is 5.75 Å². The fourth-order valence-electron chi connectivity index (χ4n) is 1.64. The highest BCUT2D eigenvalue weighted by Crippen LogP contribution is 2.29. The summed E-state index contributed by atoms with van der Waals surface area (Å²) in [5.74, 6) is 1.26. The Kier molecular flexibility index (Phi) is 3.27. The maximum absolute atomic E-state index is 5.85. The number of benzene rings is 1. The Hall–Kier alpha value is -2.04. The first-order valence-electron chi connectivity index (χ1n) is 5.67. The largest absolute Gasteiger partial charge is 0.493 e. The summed E-state index contributed by atoms with van der Waals surface area (Å²) in [4.78, 5) is 8.09. The van der Waals surface area contributed by atoms with Gasteiger partial charge in [-0.15, -0.1) is 0 Å². The molecule has 0 amide bonds. The third-order valence-corrected chi connectivity index (χ3v) is 2.49. The van der Waals surface area contributed by atoms with Gasteiger partial charge in [0.15, 0.2) is 0 Å². The van der Waals surface area contributed by atoms with Gasteiger partial charge in [0.05, 0.1) is 17.5 Å². The molecule has 0 radical (unpaired) electrons. The predicted molar refractivity (Wildman–Crippen MR) is 68.8 cm³/mol. The molecular formula is C12H16N4O. The van der Waals surface area contributed by atoms with Gasteiger partial charge in [0, 0.05) is 0 Å². The molecule has 0 saturated carbocycles. The number of nitrogens with zero attached hydrogens (tertiary/aromatic N) is 2. The summed E-state index contributed by atoms with van der Waals surface area (Å²) >= 11 is 0. The second-order valence-corrected chi connectivity index (χ2v) is 3.82. The molecular weight excluding hydrogens is 216 g/mol. The molecule has 0 atom stereocenters. The van der Waals surface area contributed by atoms with Gasteiger partial charge in [0.2, 0.25) is 5.95 Å². The van der Waals surface area contributed by atoms with E-state index in [1.807, 2.05) is 18.2 Å². The molecule has 0 aliphatic carbocycles. The van der Waals surface area contributed by atoms with Gasteiger partial charge in [-0.25, -0.2) is 4.98 Å². The summed E-state index contributed by atoms with van der Waals surface area (Å²) in [6, 6.07) is 5.58. The number of fused-ring (bicyclic) bond motifs is 1. The molecule has 90 valence electrons. The van der Waals surface area contributed by atoms with E-state index in [1.165, 1.54) is 0 Å². The van der Waals surface area contributed by atoms with Crippen LogP contribution in [0, 0.1) is 0 Å². The molecule has 0 bridgehead atoms. The highest BCUT2D eigenvalue weighted by molar-refractivity contribution is 5.94. The lowest BCUT2D eigenvalue weighted by molar-refractivity contribution is 0.313. The number of nitrogens with two attached hydrogens (primary N) is 2. The van der Waals surface area contributed by atoms with E-state index in [0.717, 1.165) is 18.2 Å². The number of aromatic nitrogens is 2. The smallest absolute Gasteiger partial charge is 0.222 e. The van der Waals surface area contributed by atoms with Crippen molar-refractivity contribution in [1.82, 2.24) is 9.97 Å². The minimum Gasteiger partial charge on any atom is -0.493 e. The maximum Gasteiger partial charge on any atom is 0.222 e. The molecule has 2 rings (SSSR count). The fraction of sp³-hybridized carbons (Fsp3) is 0.333. The molecule has 4 N–H and O–H groups in total. The van der Waals surface area contributed by atoms with E-state index < -0.39 is 0 Å². The minimum atomic E-state index is 0.181. The summed E-state index contributed by atoms with van der Waals surface area (Å²) in [7, 11) is 0. The van der Waals surface area contributed by atoms with Crippen LogP contribution in [0.25, 0.3) is 10.9 Å². The number of rotatable bonds is 4. The SMILES string of the molecule is CCCCOc1cccc2nc(N)nc(N)c12. The van der Waals surface area contributed by atoms with Crippen LogP contribution >= 0.6 is 0 Å². The van der Waals surface area contributed by atoms with Crippen LogP contribution in [-0.2, 0) is 0 Å². The van der Waals surface area contributed by atoms with E-state index in [-0.39, 0.29) is 5.95 Å². The van der Waals surface area contributed by atoms with Crippen LogP contribution in [0.15, 0.2) is 18.2 Å². The van der Waals surface area contributed by atoms with Crippen molar-refractivity contribution in [1.29, 1.82) is 0 Å². The number of hydrogen-bond acceptors (Lipinski definition) is 5. The van der Waals surface area contributed by atoms with Gasteiger partial charge < -0.3 is 16.2 Å². The van der Waals surface area contributed by atoms with Gasteiger partial charge in [-0.3, -0.25) is 0 Å². The molecule has 1 aromatic carbocycles. The Morgan fingerprint density at radius 1 is 1.24 bits per heavy atom. The Labute approximate surface area is 99.8 Å². The third kappa shape index (κ3) is 2.38. The Morgan fingerprint density at radius 2 is 2.06 bits per heavy atom. The van der Waals surface area contributed by atoms with E-state index in [2.05, 4.69) is 16.9 Å². The van der Waals surface area contributed by atoms with Crippen molar-refractivity contribution >= 4 is 22.7 Å². The molecule has 0 aliphatic rings. The molecule has 5 nitrogen and oxygen atoms in total. The summed E-state index contributed by atoms with van der Waals surface area (Å²) in [5, 5.41) is 0.734. The predicted octanol–water partition coefficient (Wildman–Crippen LogP) is 1.97. The van der Waals surface area contributed by atoms with E-state index in [9.17, 15) is 0 Å². The fourth-order valence-corrected chi connectivity index (χ4v) is 1.64. The maximum atomic E-state index is 5.85. The standard InChI is InChI=1S/C12H16N4O/c1-2-3-7-17-9-6-4-5-8-10(9)11(13)16-12(14)15-8/h4-6H,2-3,7H2,1H3,(H4,13,14,15,16). The highest BCUT2D eigenvalue weighted by atomic mass is 16.5. The average molecular weight is 232 g/mol. The van der Waals surface area contributed by atoms with Crippen molar-refractivity contribution in [3.63, 3.8) is 0 Å². The summed E-state index contributed by atoms with van der Waals surface area (Å²) in [6.45, 7) is 2.78. The zero-order valence-corrected chi connectivity index (χ0v) is 9.81. The van der Waals surface area contributed by atoms with Gasteiger partial charge in [0.1, 0.15) is 11.6 Å². The van der Waals surface area contributed by atoms with E-state index in [0.29, 0.717) is 23.7 Å². The third-order valence-electron chi connectivity index (χ3n) is 2.49. The monoisotopic (exact) mass is 232 g/mol.